The Balaban J connectivity index is 1.60. The van der Waals surface area contributed by atoms with Gasteiger partial charge in [0, 0.05) is 37.4 Å². The van der Waals surface area contributed by atoms with Crippen LogP contribution in [-0.4, -0.2) is 43.0 Å². The van der Waals surface area contributed by atoms with Crippen molar-refractivity contribution in [2.75, 3.05) is 36.8 Å². The molecule has 130 valence electrons. The number of nitrogens with one attached hydrogen (secondary N) is 3. The van der Waals surface area contributed by atoms with E-state index >= 15 is 0 Å². The lowest BCUT2D eigenvalue weighted by Crippen LogP contribution is -2.48. The number of para-hydroxylation sites is 1. The van der Waals surface area contributed by atoms with Gasteiger partial charge in [-0.1, -0.05) is 12.1 Å². The standard InChI is InChI=1S/C18H19FN4O2/c19-15-3-1-2-4-16(15)22-17(24)13-5-7-14(8-6-13)21-18(25)23-11-9-20-10-12-23/h1-8,20H,9-12H2,(H,21,25)(H,22,24). The number of rotatable bonds is 3. The van der Waals surface area contributed by atoms with Crippen LogP contribution in [0.4, 0.5) is 20.6 Å². The van der Waals surface area contributed by atoms with Crippen molar-refractivity contribution in [2.45, 2.75) is 0 Å². The highest BCUT2D eigenvalue weighted by atomic mass is 19.1. The van der Waals surface area contributed by atoms with E-state index in [1.54, 1.807) is 41.3 Å². The number of anilines is 2. The first-order valence-corrected chi connectivity index (χ1v) is 8.06. The third-order valence-corrected chi connectivity index (χ3v) is 3.92. The first kappa shape index (κ1) is 16.9. The molecule has 0 saturated carbocycles. The molecule has 3 amide bonds. The van der Waals surface area contributed by atoms with Crippen LogP contribution in [0, 0.1) is 5.82 Å². The maximum Gasteiger partial charge on any atom is 0.321 e. The van der Waals surface area contributed by atoms with Crippen LogP contribution in [0.25, 0.3) is 0 Å². The maximum absolute atomic E-state index is 13.6. The molecular weight excluding hydrogens is 323 g/mol. The summed E-state index contributed by atoms with van der Waals surface area (Å²) in [5.74, 6) is -0.902. The van der Waals surface area contributed by atoms with Gasteiger partial charge in [-0.2, -0.15) is 0 Å². The molecule has 7 heteroatoms. The first-order chi connectivity index (χ1) is 12.1. The lowest BCUT2D eigenvalue weighted by Gasteiger charge is -2.27. The van der Waals surface area contributed by atoms with Gasteiger partial charge in [-0.05, 0) is 36.4 Å². The fraction of sp³-hybridized carbons (Fsp3) is 0.222. The second-order valence-corrected chi connectivity index (χ2v) is 5.68. The average molecular weight is 342 g/mol. The minimum atomic E-state index is -0.490. The van der Waals surface area contributed by atoms with Gasteiger partial charge in [0.2, 0.25) is 0 Å². The minimum absolute atomic E-state index is 0.128. The third-order valence-electron chi connectivity index (χ3n) is 3.92. The average Bonchev–Trinajstić information content (AvgIpc) is 2.65. The second kappa shape index (κ2) is 7.76. The summed E-state index contributed by atoms with van der Waals surface area (Å²) in [6.07, 6.45) is 0. The SMILES string of the molecule is O=C(Nc1ccccc1F)c1ccc(NC(=O)N2CCNCC2)cc1. The van der Waals surface area contributed by atoms with Crippen LogP contribution in [-0.2, 0) is 0 Å². The number of carbonyl (C=O) groups excluding carboxylic acids is 2. The molecule has 0 aliphatic carbocycles. The zero-order valence-electron chi connectivity index (χ0n) is 13.6. The molecule has 6 nitrogen and oxygen atoms in total. The van der Waals surface area contributed by atoms with E-state index in [4.69, 9.17) is 0 Å². The van der Waals surface area contributed by atoms with Crippen LogP contribution in [0.15, 0.2) is 48.5 Å². The lowest BCUT2D eigenvalue weighted by atomic mass is 10.2. The summed E-state index contributed by atoms with van der Waals surface area (Å²) in [6.45, 7) is 2.88. The molecule has 1 saturated heterocycles. The van der Waals surface area contributed by atoms with E-state index in [2.05, 4.69) is 16.0 Å². The monoisotopic (exact) mass is 342 g/mol. The van der Waals surface area contributed by atoms with Crippen molar-refractivity contribution in [3.63, 3.8) is 0 Å². The normalized spacial score (nSPS) is 14.0. The highest BCUT2D eigenvalue weighted by Gasteiger charge is 2.16. The highest BCUT2D eigenvalue weighted by Crippen LogP contribution is 2.16. The van der Waals surface area contributed by atoms with Crippen molar-refractivity contribution in [3.05, 3.63) is 59.9 Å². The van der Waals surface area contributed by atoms with E-state index in [1.807, 2.05) is 0 Å². The number of piperazine rings is 1. The van der Waals surface area contributed by atoms with Gasteiger partial charge >= 0.3 is 6.03 Å². The molecule has 1 aliphatic heterocycles. The predicted octanol–water partition coefficient (Wildman–Crippen LogP) is 2.52. The second-order valence-electron chi connectivity index (χ2n) is 5.68. The van der Waals surface area contributed by atoms with Gasteiger partial charge in [0.1, 0.15) is 5.82 Å². The number of carbonyl (C=O) groups is 2. The van der Waals surface area contributed by atoms with Crippen molar-refractivity contribution < 1.29 is 14.0 Å². The van der Waals surface area contributed by atoms with Gasteiger partial charge in [-0.15, -0.1) is 0 Å². The molecule has 3 rings (SSSR count). The Kier molecular flexibility index (Phi) is 5.25. The Bertz CT molecular complexity index is 758. The number of urea groups is 1. The van der Waals surface area contributed by atoms with Gasteiger partial charge in [-0.25, -0.2) is 9.18 Å². The molecule has 25 heavy (non-hydrogen) atoms. The van der Waals surface area contributed by atoms with Crippen molar-refractivity contribution in [1.29, 1.82) is 0 Å². The first-order valence-electron chi connectivity index (χ1n) is 8.06. The molecule has 0 radical (unpaired) electrons. The van der Waals surface area contributed by atoms with Gasteiger partial charge in [0.15, 0.2) is 0 Å². The molecule has 0 atom stereocenters. The topological polar surface area (TPSA) is 73.5 Å². The smallest absolute Gasteiger partial charge is 0.321 e. The van der Waals surface area contributed by atoms with E-state index in [0.29, 0.717) is 24.3 Å². The van der Waals surface area contributed by atoms with Crippen LogP contribution < -0.4 is 16.0 Å². The Morgan fingerprint density at radius 1 is 0.960 bits per heavy atom. The van der Waals surface area contributed by atoms with E-state index < -0.39 is 11.7 Å². The van der Waals surface area contributed by atoms with E-state index in [-0.39, 0.29) is 11.7 Å². The van der Waals surface area contributed by atoms with Gasteiger partial charge in [-0.3, -0.25) is 4.79 Å². The van der Waals surface area contributed by atoms with Crippen LogP contribution >= 0.6 is 0 Å². The van der Waals surface area contributed by atoms with Crippen molar-refractivity contribution >= 4 is 23.3 Å². The number of nitrogens with zero attached hydrogens (tertiary/aromatic N) is 1. The van der Waals surface area contributed by atoms with E-state index in [9.17, 15) is 14.0 Å². The summed E-state index contributed by atoms with van der Waals surface area (Å²) in [5, 5.41) is 8.51. The van der Waals surface area contributed by atoms with E-state index in [1.165, 1.54) is 12.1 Å². The molecule has 2 aromatic carbocycles. The number of halogens is 1. The van der Waals surface area contributed by atoms with Crippen LogP contribution in [0.5, 0.6) is 0 Å². The summed E-state index contributed by atoms with van der Waals surface area (Å²) >= 11 is 0. The Hall–Kier alpha value is -2.93. The van der Waals surface area contributed by atoms with Crippen LogP contribution in [0.1, 0.15) is 10.4 Å². The Labute approximate surface area is 145 Å². The van der Waals surface area contributed by atoms with Gasteiger partial charge in [0.25, 0.3) is 5.91 Å². The summed E-state index contributed by atoms with van der Waals surface area (Å²) < 4.78 is 13.6. The number of hydrogen-bond acceptors (Lipinski definition) is 3. The quantitative estimate of drug-likeness (QED) is 0.802. The number of amides is 3. The molecule has 0 bridgehead atoms. The minimum Gasteiger partial charge on any atom is -0.322 e. The molecule has 0 aromatic heterocycles. The summed E-state index contributed by atoms with van der Waals surface area (Å²) in [4.78, 5) is 26.0. The zero-order valence-corrected chi connectivity index (χ0v) is 13.6. The fourth-order valence-electron chi connectivity index (χ4n) is 2.53. The summed E-state index contributed by atoms with van der Waals surface area (Å²) in [5.41, 5.74) is 1.11. The highest BCUT2D eigenvalue weighted by molar-refractivity contribution is 6.04. The fourth-order valence-corrected chi connectivity index (χ4v) is 2.53. The summed E-state index contributed by atoms with van der Waals surface area (Å²) in [7, 11) is 0. The Morgan fingerprint density at radius 2 is 1.64 bits per heavy atom. The van der Waals surface area contributed by atoms with Crippen molar-refractivity contribution in [1.82, 2.24) is 10.2 Å². The molecule has 1 fully saturated rings. The molecular formula is C18H19FN4O2. The summed E-state index contributed by atoms with van der Waals surface area (Å²) in [6, 6.07) is 12.3. The van der Waals surface area contributed by atoms with Gasteiger partial charge < -0.3 is 20.9 Å². The third kappa shape index (κ3) is 4.33. The lowest BCUT2D eigenvalue weighted by molar-refractivity contribution is 0.102. The zero-order chi connectivity index (χ0) is 17.6. The van der Waals surface area contributed by atoms with Crippen LogP contribution in [0.3, 0.4) is 0 Å². The number of hydrogen-bond donors (Lipinski definition) is 3. The molecule has 0 unspecified atom stereocenters. The molecule has 0 spiro atoms. The maximum atomic E-state index is 13.6. The number of benzene rings is 2. The predicted molar refractivity (Wildman–Crippen MR) is 94.3 cm³/mol. The van der Waals surface area contributed by atoms with Crippen molar-refractivity contribution in [3.8, 4) is 0 Å². The Morgan fingerprint density at radius 3 is 2.32 bits per heavy atom. The molecule has 3 N–H and O–H groups in total. The van der Waals surface area contributed by atoms with Gasteiger partial charge in [0.05, 0.1) is 5.69 Å². The largest absolute Gasteiger partial charge is 0.322 e. The van der Waals surface area contributed by atoms with Crippen molar-refractivity contribution in [2.24, 2.45) is 0 Å². The molecule has 2 aromatic rings. The van der Waals surface area contributed by atoms with E-state index in [0.717, 1.165) is 13.1 Å². The molecule has 1 aliphatic rings. The van der Waals surface area contributed by atoms with Crippen LogP contribution in [0.2, 0.25) is 0 Å². The molecule has 1 heterocycles.